The van der Waals surface area contributed by atoms with E-state index in [1.165, 1.54) is 12.1 Å². The molecule has 0 unspecified atom stereocenters. The van der Waals surface area contributed by atoms with Crippen molar-refractivity contribution in [2.24, 2.45) is 5.92 Å². The minimum Gasteiger partial charge on any atom is -0.452 e. The number of nitro groups is 1. The van der Waals surface area contributed by atoms with E-state index >= 15 is 0 Å². The first-order chi connectivity index (χ1) is 14.3. The fourth-order valence-corrected chi connectivity index (χ4v) is 3.61. The maximum atomic E-state index is 12.3. The van der Waals surface area contributed by atoms with Crippen LogP contribution in [0.15, 0.2) is 42.5 Å². The fraction of sp³-hybridized carbons (Fsp3) is 0.364. The molecule has 0 saturated carbocycles. The van der Waals surface area contributed by atoms with Gasteiger partial charge in [-0.05, 0) is 55.5 Å². The summed E-state index contributed by atoms with van der Waals surface area (Å²) >= 11 is 0. The maximum absolute atomic E-state index is 12.3. The average Bonchev–Trinajstić information content (AvgIpc) is 2.71. The normalized spacial score (nSPS) is 16.1. The zero-order chi connectivity index (χ0) is 21.7. The van der Waals surface area contributed by atoms with Crippen LogP contribution in [0.5, 0.6) is 0 Å². The molecule has 1 heterocycles. The summed E-state index contributed by atoms with van der Waals surface area (Å²) in [6.07, 6.45) is 2.07. The summed E-state index contributed by atoms with van der Waals surface area (Å²) in [5.41, 5.74) is 1.99. The van der Waals surface area contributed by atoms with Crippen LogP contribution in [-0.2, 0) is 9.53 Å². The lowest BCUT2D eigenvalue weighted by Gasteiger charge is -2.32. The molecule has 0 aromatic heterocycles. The van der Waals surface area contributed by atoms with E-state index in [4.69, 9.17) is 4.74 Å². The maximum Gasteiger partial charge on any atom is 0.338 e. The van der Waals surface area contributed by atoms with Gasteiger partial charge >= 0.3 is 5.97 Å². The van der Waals surface area contributed by atoms with Gasteiger partial charge in [0, 0.05) is 24.8 Å². The molecule has 1 aliphatic heterocycles. The summed E-state index contributed by atoms with van der Waals surface area (Å²) in [5.74, 6) is -0.812. The Kier molecular flexibility index (Phi) is 6.66. The number of nitro benzene ring substituents is 1. The SMILES string of the molecule is Cc1cccc(NC(=O)COC(=O)c2ccc(N3CCC[C@@H](C)C3)c([N+](=O)[O-])c2)c1. The minimum atomic E-state index is -0.781. The molecule has 3 rings (SSSR count). The summed E-state index contributed by atoms with van der Waals surface area (Å²) in [7, 11) is 0. The first kappa shape index (κ1) is 21.3. The van der Waals surface area contributed by atoms with Crippen molar-refractivity contribution in [3.05, 3.63) is 63.7 Å². The average molecular weight is 411 g/mol. The Hall–Kier alpha value is -3.42. The van der Waals surface area contributed by atoms with E-state index < -0.39 is 23.4 Å². The number of hydrogen-bond donors (Lipinski definition) is 1. The first-order valence-electron chi connectivity index (χ1n) is 9.90. The zero-order valence-corrected chi connectivity index (χ0v) is 17.1. The molecule has 0 radical (unpaired) electrons. The van der Waals surface area contributed by atoms with Crippen LogP contribution in [0.4, 0.5) is 17.1 Å². The van der Waals surface area contributed by atoms with Crippen LogP contribution in [0, 0.1) is 23.0 Å². The summed E-state index contributed by atoms with van der Waals surface area (Å²) in [4.78, 5) is 37.4. The topological polar surface area (TPSA) is 102 Å². The number of carbonyl (C=O) groups is 2. The third-order valence-corrected chi connectivity index (χ3v) is 5.04. The number of piperidine rings is 1. The van der Waals surface area contributed by atoms with Gasteiger partial charge in [0.2, 0.25) is 0 Å². The molecule has 1 saturated heterocycles. The molecule has 1 atom stereocenters. The van der Waals surface area contributed by atoms with E-state index in [-0.39, 0.29) is 11.3 Å². The van der Waals surface area contributed by atoms with Crippen LogP contribution < -0.4 is 10.2 Å². The highest BCUT2D eigenvalue weighted by Gasteiger charge is 2.25. The monoisotopic (exact) mass is 411 g/mol. The molecular weight excluding hydrogens is 386 g/mol. The highest BCUT2D eigenvalue weighted by atomic mass is 16.6. The summed E-state index contributed by atoms with van der Waals surface area (Å²) in [6.45, 7) is 5.02. The van der Waals surface area contributed by atoms with Gasteiger partial charge in [-0.25, -0.2) is 4.79 Å². The molecule has 1 N–H and O–H groups in total. The number of nitrogens with zero attached hydrogens (tertiary/aromatic N) is 2. The molecular formula is C22H25N3O5. The quantitative estimate of drug-likeness (QED) is 0.439. The molecule has 1 amide bonds. The number of carbonyl (C=O) groups excluding carboxylic acids is 2. The number of aryl methyl sites for hydroxylation is 1. The molecule has 2 aromatic carbocycles. The second kappa shape index (κ2) is 9.39. The Morgan fingerprint density at radius 1 is 1.27 bits per heavy atom. The zero-order valence-electron chi connectivity index (χ0n) is 17.1. The fourth-order valence-electron chi connectivity index (χ4n) is 3.61. The molecule has 1 aliphatic rings. The van der Waals surface area contributed by atoms with Crippen LogP contribution in [0.3, 0.4) is 0 Å². The predicted molar refractivity (Wildman–Crippen MR) is 114 cm³/mol. The summed E-state index contributed by atoms with van der Waals surface area (Å²) in [5, 5.41) is 14.2. The Morgan fingerprint density at radius 3 is 2.77 bits per heavy atom. The van der Waals surface area contributed by atoms with Crippen molar-refractivity contribution in [1.82, 2.24) is 0 Å². The highest BCUT2D eigenvalue weighted by Crippen LogP contribution is 2.32. The molecule has 0 aliphatic carbocycles. The molecule has 2 aromatic rings. The Morgan fingerprint density at radius 2 is 2.07 bits per heavy atom. The van der Waals surface area contributed by atoms with Crippen LogP contribution in [0.25, 0.3) is 0 Å². The highest BCUT2D eigenvalue weighted by molar-refractivity contribution is 5.96. The van der Waals surface area contributed by atoms with Gasteiger partial charge in [0.25, 0.3) is 11.6 Å². The lowest BCUT2D eigenvalue weighted by atomic mass is 9.99. The standard InChI is InChI=1S/C22H25N3O5/c1-15-5-3-7-18(11-15)23-21(26)14-30-22(27)17-8-9-19(20(12-17)25(28)29)24-10-4-6-16(2)13-24/h3,5,7-9,11-12,16H,4,6,10,13-14H2,1-2H3,(H,23,26)/t16-/m1/s1. The molecule has 0 bridgehead atoms. The number of hydrogen-bond acceptors (Lipinski definition) is 6. The van der Waals surface area contributed by atoms with E-state index in [0.717, 1.165) is 31.5 Å². The molecule has 8 heteroatoms. The van der Waals surface area contributed by atoms with Crippen molar-refractivity contribution in [2.75, 3.05) is 29.9 Å². The molecule has 1 fully saturated rings. The second-order valence-corrected chi connectivity index (χ2v) is 7.65. The van der Waals surface area contributed by atoms with Gasteiger partial charge < -0.3 is 15.0 Å². The van der Waals surface area contributed by atoms with Crippen molar-refractivity contribution in [3.63, 3.8) is 0 Å². The lowest BCUT2D eigenvalue weighted by molar-refractivity contribution is -0.384. The number of nitrogens with one attached hydrogen (secondary N) is 1. The van der Waals surface area contributed by atoms with Crippen molar-refractivity contribution in [3.8, 4) is 0 Å². The molecule has 8 nitrogen and oxygen atoms in total. The van der Waals surface area contributed by atoms with Crippen LogP contribution in [-0.4, -0.2) is 36.5 Å². The molecule has 158 valence electrons. The van der Waals surface area contributed by atoms with E-state index in [1.54, 1.807) is 24.3 Å². The predicted octanol–water partition coefficient (Wildman–Crippen LogP) is 3.94. The lowest BCUT2D eigenvalue weighted by Crippen LogP contribution is -2.34. The van der Waals surface area contributed by atoms with Gasteiger partial charge in [-0.15, -0.1) is 0 Å². The van der Waals surface area contributed by atoms with Gasteiger partial charge in [-0.2, -0.15) is 0 Å². The number of benzene rings is 2. The number of anilines is 2. The third-order valence-electron chi connectivity index (χ3n) is 5.04. The first-order valence-corrected chi connectivity index (χ1v) is 9.90. The van der Waals surface area contributed by atoms with E-state index in [0.29, 0.717) is 17.3 Å². The Bertz CT molecular complexity index is 960. The van der Waals surface area contributed by atoms with Crippen LogP contribution >= 0.6 is 0 Å². The molecule has 30 heavy (non-hydrogen) atoms. The van der Waals surface area contributed by atoms with Crippen molar-refractivity contribution >= 4 is 28.9 Å². The van der Waals surface area contributed by atoms with Gasteiger partial charge in [0.05, 0.1) is 10.5 Å². The largest absolute Gasteiger partial charge is 0.452 e. The smallest absolute Gasteiger partial charge is 0.338 e. The van der Waals surface area contributed by atoms with Crippen LogP contribution in [0.2, 0.25) is 0 Å². The number of esters is 1. The van der Waals surface area contributed by atoms with Crippen LogP contribution in [0.1, 0.15) is 35.7 Å². The van der Waals surface area contributed by atoms with Gasteiger partial charge in [-0.3, -0.25) is 14.9 Å². The second-order valence-electron chi connectivity index (χ2n) is 7.65. The number of ether oxygens (including phenoxy) is 1. The third kappa shape index (κ3) is 5.34. The Labute approximate surface area is 175 Å². The van der Waals surface area contributed by atoms with Gasteiger partial charge in [-0.1, -0.05) is 19.1 Å². The van der Waals surface area contributed by atoms with Gasteiger partial charge in [0.15, 0.2) is 6.61 Å². The van der Waals surface area contributed by atoms with E-state index in [2.05, 4.69) is 12.2 Å². The van der Waals surface area contributed by atoms with Crippen molar-refractivity contribution in [1.29, 1.82) is 0 Å². The van der Waals surface area contributed by atoms with Gasteiger partial charge in [0.1, 0.15) is 5.69 Å². The number of rotatable bonds is 6. The number of amides is 1. The summed E-state index contributed by atoms with van der Waals surface area (Å²) < 4.78 is 5.04. The van der Waals surface area contributed by atoms with Crippen molar-refractivity contribution in [2.45, 2.75) is 26.7 Å². The van der Waals surface area contributed by atoms with E-state index in [1.807, 2.05) is 17.9 Å². The van der Waals surface area contributed by atoms with E-state index in [9.17, 15) is 19.7 Å². The summed E-state index contributed by atoms with van der Waals surface area (Å²) in [6, 6.07) is 11.5. The molecule has 0 spiro atoms. The van der Waals surface area contributed by atoms with Crippen molar-refractivity contribution < 1.29 is 19.2 Å². The minimum absolute atomic E-state index is 0.0406. The Balaban J connectivity index is 1.66.